The van der Waals surface area contributed by atoms with Gasteiger partial charge in [-0.3, -0.25) is 4.99 Å². The van der Waals surface area contributed by atoms with Gasteiger partial charge in [0.1, 0.15) is 0 Å². The van der Waals surface area contributed by atoms with Gasteiger partial charge in [-0.25, -0.2) is 4.98 Å². The van der Waals surface area contributed by atoms with E-state index < -0.39 is 0 Å². The van der Waals surface area contributed by atoms with E-state index in [0.717, 1.165) is 31.6 Å². The Kier molecular flexibility index (Phi) is 7.27. The number of nitrogens with one attached hydrogen (secondary N) is 2. The number of ether oxygens (including phenoxy) is 2. The lowest BCUT2D eigenvalue weighted by Crippen LogP contribution is -2.44. The van der Waals surface area contributed by atoms with Crippen LogP contribution in [0.4, 0.5) is 0 Å². The van der Waals surface area contributed by atoms with Crippen LogP contribution in [0.3, 0.4) is 0 Å². The number of nitrogens with zero attached hydrogens (tertiary/aromatic N) is 2. The van der Waals surface area contributed by atoms with Gasteiger partial charge in [0.05, 0.1) is 13.2 Å². The monoisotopic (exact) mass is 336 g/mol. The second kappa shape index (κ2) is 9.44. The molecule has 0 radical (unpaired) electrons. The summed E-state index contributed by atoms with van der Waals surface area (Å²) < 4.78 is 11.1. The summed E-state index contributed by atoms with van der Waals surface area (Å²) in [5, 5.41) is 15.9. The largest absolute Gasteiger partial charge is 0.478 e. The van der Waals surface area contributed by atoms with Gasteiger partial charge < -0.3 is 25.2 Å². The molecule has 1 aromatic heterocycles. The molecule has 1 fully saturated rings. The number of hydrogen-bond acceptors (Lipinski definition) is 5. The zero-order valence-corrected chi connectivity index (χ0v) is 14.5. The molecule has 1 aliphatic rings. The lowest BCUT2D eigenvalue weighted by Gasteiger charge is -2.27. The van der Waals surface area contributed by atoms with Crippen molar-refractivity contribution in [3.05, 3.63) is 23.9 Å². The van der Waals surface area contributed by atoms with Gasteiger partial charge in [-0.15, -0.1) is 0 Å². The first kappa shape index (κ1) is 18.5. The Labute approximate surface area is 143 Å². The highest BCUT2D eigenvalue weighted by molar-refractivity contribution is 5.79. The van der Waals surface area contributed by atoms with Crippen molar-refractivity contribution >= 4 is 5.96 Å². The third-order valence-electron chi connectivity index (χ3n) is 4.26. The van der Waals surface area contributed by atoms with Crippen LogP contribution in [0.2, 0.25) is 0 Å². The molecule has 134 valence electrons. The fourth-order valence-corrected chi connectivity index (χ4v) is 2.81. The van der Waals surface area contributed by atoms with E-state index in [1.54, 1.807) is 13.2 Å². The van der Waals surface area contributed by atoms with Crippen molar-refractivity contribution in [2.75, 3.05) is 40.0 Å². The molecule has 1 atom stereocenters. The van der Waals surface area contributed by atoms with Crippen molar-refractivity contribution < 1.29 is 14.6 Å². The maximum Gasteiger partial charge on any atom is 0.218 e. The summed E-state index contributed by atoms with van der Waals surface area (Å²) in [6, 6.07) is 3.87. The Hall–Kier alpha value is -1.86. The minimum atomic E-state index is -0.0167. The van der Waals surface area contributed by atoms with Crippen LogP contribution in [-0.2, 0) is 11.3 Å². The van der Waals surface area contributed by atoms with Crippen LogP contribution in [0, 0.1) is 5.41 Å². The fraction of sp³-hybridized carbons (Fsp3) is 0.647. The van der Waals surface area contributed by atoms with Crippen molar-refractivity contribution in [1.29, 1.82) is 0 Å². The van der Waals surface area contributed by atoms with Crippen LogP contribution < -0.4 is 15.4 Å². The summed E-state index contributed by atoms with van der Waals surface area (Å²) in [4.78, 5) is 8.51. The fourth-order valence-electron chi connectivity index (χ4n) is 2.81. The molecule has 0 aromatic carbocycles. The van der Waals surface area contributed by atoms with Gasteiger partial charge in [0.2, 0.25) is 5.88 Å². The molecule has 2 rings (SSSR count). The summed E-state index contributed by atoms with van der Waals surface area (Å²) in [5.74, 6) is 1.36. The standard InChI is InChI=1S/C17H28N4O3/c1-3-24-15-14(5-4-8-19-15)11-20-16(18-2)21-12-17(6-9-22)7-10-23-13-17/h4-5,8,22H,3,6-7,9-13H2,1-2H3,(H2,18,20,21). The van der Waals surface area contributed by atoms with Crippen LogP contribution in [-0.4, -0.2) is 56.1 Å². The molecule has 1 saturated heterocycles. The van der Waals surface area contributed by atoms with Crippen LogP contribution >= 0.6 is 0 Å². The van der Waals surface area contributed by atoms with E-state index in [1.807, 2.05) is 19.1 Å². The molecule has 24 heavy (non-hydrogen) atoms. The highest BCUT2D eigenvalue weighted by atomic mass is 16.5. The van der Waals surface area contributed by atoms with Crippen molar-refractivity contribution in [3.63, 3.8) is 0 Å². The molecule has 1 aliphatic heterocycles. The molecule has 1 unspecified atom stereocenters. The third-order valence-corrected chi connectivity index (χ3v) is 4.26. The van der Waals surface area contributed by atoms with E-state index in [0.29, 0.717) is 31.6 Å². The Bertz CT molecular complexity index is 530. The predicted octanol–water partition coefficient (Wildman–Crippen LogP) is 0.934. The molecule has 7 nitrogen and oxygen atoms in total. The smallest absolute Gasteiger partial charge is 0.218 e. The van der Waals surface area contributed by atoms with Crippen LogP contribution in [0.25, 0.3) is 0 Å². The van der Waals surface area contributed by atoms with Crippen LogP contribution in [0.15, 0.2) is 23.3 Å². The highest BCUT2D eigenvalue weighted by Crippen LogP contribution is 2.31. The van der Waals surface area contributed by atoms with E-state index in [1.165, 1.54) is 0 Å². The van der Waals surface area contributed by atoms with E-state index in [2.05, 4.69) is 20.6 Å². The zero-order valence-electron chi connectivity index (χ0n) is 14.5. The number of aliphatic imine (C=N–C) groups is 1. The number of rotatable bonds is 8. The molecule has 3 N–H and O–H groups in total. The number of pyridine rings is 1. The van der Waals surface area contributed by atoms with Gasteiger partial charge in [-0.2, -0.15) is 0 Å². The molecule has 0 bridgehead atoms. The maximum absolute atomic E-state index is 9.30. The van der Waals surface area contributed by atoms with E-state index in [4.69, 9.17) is 9.47 Å². The Balaban J connectivity index is 1.89. The average molecular weight is 336 g/mol. The summed E-state index contributed by atoms with van der Waals surface area (Å²) >= 11 is 0. The SMILES string of the molecule is CCOc1ncccc1CNC(=NC)NCC1(CCO)CCOC1. The van der Waals surface area contributed by atoms with Crippen molar-refractivity contribution in [1.82, 2.24) is 15.6 Å². The lowest BCUT2D eigenvalue weighted by molar-refractivity contribution is 0.127. The van der Waals surface area contributed by atoms with Gasteiger partial charge in [-0.05, 0) is 25.8 Å². The molecule has 0 aliphatic carbocycles. The van der Waals surface area contributed by atoms with E-state index in [9.17, 15) is 5.11 Å². The third kappa shape index (κ3) is 5.07. The molecule has 7 heteroatoms. The molecule has 0 saturated carbocycles. The number of aliphatic hydroxyl groups is 1. The summed E-state index contributed by atoms with van der Waals surface area (Å²) in [7, 11) is 1.74. The van der Waals surface area contributed by atoms with Gasteiger partial charge in [-0.1, -0.05) is 6.07 Å². The predicted molar refractivity (Wildman–Crippen MR) is 93.2 cm³/mol. The first-order chi connectivity index (χ1) is 11.7. The number of aliphatic hydroxyl groups excluding tert-OH is 1. The van der Waals surface area contributed by atoms with Gasteiger partial charge in [0.15, 0.2) is 5.96 Å². The molecular weight excluding hydrogens is 308 g/mol. The van der Waals surface area contributed by atoms with Gasteiger partial charge in [0, 0.05) is 50.5 Å². The lowest BCUT2D eigenvalue weighted by atomic mass is 9.84. The molecule has 2 heterocycles. The van der Waals surface area contributed by atoms with Gasteiger partial charge in [0.25, 0.3) is 0 Å². The zero-order chi connectivity index (χ0) is 17.3. The normalized spacial score (nSPS) is 20.9. The minimum absolute atomic E-state index is 0.0167. The topological polar surface area (TPSA) is 88.0 Å². The molecule has 0 amide bonds. The average Bonchev–Trinajstić information content (AvgIpc) is 3.06. The summed E-state index contributed by atoms with van der Waals surface area (Å²) in [6.07, 6.45) is 3.41. The van der Waals surface area contributed by atoms with Crippen LogP contribution in [0.5, 0.6) is 5.88 Å². The second-order valence-electron chi connectivity index (χ2n) is 5.96. The van der Waals surface area contributed by atoms with E-state index in [-0.39, 0.29) is 12.0 Å². The van der Waals surface area contributed by atoms with Crippen LogP contribution in [0.1, 0.15) is 25.3 Å². The number of hydrogen-bond donors (Lipinski definition) is 3. The minimum Gasteiger partial charge on any atom is -0.478 e. The quantitative estimate of drug-likeness (QED) is 0.484. The summed E-state index contributed by atoms with van der Waals surface area (Å²) in [5.41, 5.74) is 0.966. The van der Waals surface area contributed by atoms with Crippen molar-refractivity contribution in [3.8, 4) is 5.88 Å². The summed E-state index contributed by atoms with van der Waals surface area (Å²) in [6.45, 7) is 5.42. The molecule has 1 aromatic rings. The Morgan fingerprint density at radius 3 is 3.04 bits per heavy atom. The highest BCUT2D eigenvalue weighted by Gasteiger charge is 2.34. The Morgan fingerprint density at radius 1 is 1.50 bits per heavy atom. The number of guanidine groups is 1. The van der Waals surface area contributed by atoms with Crippen molar-refractivity contribution in [2.24, 2.45) is 10.4 Å². The molecule has 0 spiro atoms. The van der Waals surface area contributed by atoms with E-state index >= 15 is 0 Å². The first-order valence-corrected chi connectivity index (χ1v) is 8.43. The van der Waals surface area contributed by atoms with Crippen molar-refractivity contribution in [2.45, 2.75) is 26.3 Å². The number of aromatic nitrogens is 1. The first-order valence-electron chi connectivity index (χ1n) is 8.43. The Morgan fingerprint density at radius 2 is 2.38 bits per heavy atom. The molecular formula is C17H28N4O3. The second-order valence-corrected chi connectivity index (χ2v) is 5.96. The van der Waals surface area contributed by atoms with Gasteiger partial charge >= 0.3 is 0 Å². The maximum atomic E-state index is 9.30.